The summed E-state index contributed by atoms with van der Waals surface area (Å²) >= 11 is 0. The predicted molar refractivity (Wildman–Crippen MR) is 83.7 cm³/mol. The van der Waals surface area contributed by atoms with E-state index < -0.39 is 0 Å². The van der Waals surface area contributed by atoms with Crippen molar-refractivity contribution < 1.29 is 0 Å². The molecule has 1 heterocycles. The van der Waals surface area contributed by atoms with Crippen LogP contribution in [0.15, 0.2) is 12.1 Å². The number of anilines is 1. The number of nitrogens with zero attached hydrogens (tertiary/aromatic N) is 2. The Balaban J connectivity index is 2.94. The monoisotopic (exact) mass is 263 g/mol. The normalized spacial score (nSPS) is 12.8. The molecule has 0 aliphatic carbocycles. The van der Waals surface area contributed by atoms with Gasteiger partial charge in [-0.1, -0.05) is 27.7 Å². The lowest BCUT2D eigenvalue weighted by molar-refractivity contribution is 0.587. The molecular formula is C16H29N3. The van der Waals surface area contributed by atoms with E-state index in [1.807, 2.05) is 0 Å². The third kappa shape index (κ3) is 4.83. The molecule has 1 atom stereocenters. The SMILES string of the molecule is CCc1cc(CNC(C)C)cc(N(C)C(C)CC)n1. The van der Waals surface area contributed by atoms with Crippen LogP contribution in [0.3, 0.4) is 0 Å². The first-order valence-electron chi connectivity index (χ1n) is 7.43. The number of pyridine rings is 1. The first-order chi connectivity index (χ1) is 8.97. The van der Waals surface area contributed by atoms with E-state index in [0.29, 0.717) is 12.1 Å². The molecule has 0 aromatic carbocycles. The van der Waals surface area contributed by atoms with Crippen molar-refractivity contribution in [2.45, 2.75) is 66.1 Å². The Bertz CT molecular complexity index is 388. The van der Waals surface area contributed by atoms with E-state index in [9.17, 15) is 0 Å². The fraction of sp³-hybridized carbons (Fsp3) is 0.688. The van der Waals surface area contributed by atoms with Gasteiger partial charge in [-0.25, -0.2) is 4.98 Å². The zero-order valence-corrected chi connectivity index (χ0v) is 13.3. The maximum Gasteiger partial charge on any atom is 0.129 e. The van der Waals surface area contributed by atoms with Crippen molar-refractivity contribution in [3.63, 3.8) is 0 Å². The average molecular weight is 263 g/mol. The van der Waals surface area contributed by atoms with Crippen LogP contribution in [-0.2, 0) is 13.0 Å². The van der Waals surface area contributed by atoms with Crippen molar-refractivity contribution in [2.24, 2.45) is 0 Å². The van der Waals surface area contributed by atoms with E-state index >= 15 is 0 Å². The standard InChI is InChI=1S/C16H29N3/c1-7-13(5)19(6)16-10-14(11-17-12(3)4)9-15(8-2)18-16/h9-10,12-13,17H,7-8,11H2,1-6H3. The van der Waals surface area contributed by atoms with Gasteiger partial charge in [-0.05, 0) is 37.5 Å². The van der Waals surface area contributed by atoms with Crippen LogP contribution in [0.2, 0.25) is 0 Å². The zero-order valence-electron chi connectivity index (χ0n) is 13.3. The summed E-state index contributed by atoms with van der Waals surface area (Å²) in [7, 11) is 2.13. The first-order valence-corrected chi connectivity index (χ1v) is 7.43. The number of hydrogen-bond donors (Lipinski definition) is 1. The third-order valence-electron chi connectivity index (χ3n) is 3.61. The van der Waals surface area contributed by atoms with Gasteiger partial charge in [-0.2, -0.15) is 0 Å². The van der Waals surface area contributed by atoms with Crippen molar-refractivity contribution in [3.8, 4) is 0 Å². The van der Waals surface area contributed by atoms with Gasteiger partial charge in [-0.3, -0.25) is 0 Å². The second-order valence-electron chi connectivity index (χ2n) is 5.58. The van der Waals surface area contributed by atoms with E-state index in [2.05, 4.69) is 64.0 Å². The van der Waals surface area contributed by atoms with Crippen LogP contribution >= 0.6 is 0 Å². The minimum Gasteiger partial charge on any atom is -0.357 e. The Kier molecular flexibility index (Phi) is 6.29. The van der Waals surface area contributed by atoms with Crippen LogP contribution in [0.1, 0.15) is 52.3 Å². The van der Waals surface area contributed by atoms with Crippen molar-refractivity contribution in [2.75, 3.05) is 11.9 Å². The largest absolute Gasteiger partial charge is 0.357 e. The van der Waals surface area contributed by atoms with Crippen molar-refractivity contribution >= 4 is 5.82 Å². The fourth-order valence-corrected chi connectivity index (χ4v) is 1.92. The Morgan fingerprint density at radius 1 is 1.21 bits per heavy atom. The van der Waals surface area contributed by atoms with Crippen LogP contribution in [-0.4, -0.2) is 24.1 Å². The van der Waals surface area contributed by atoms with Gasteiger partial charge in [0.15, 0.2) is 0 Å². The molecule has 3 heteroatoms. The Labute approximate surface area is 118 Å². The summed E-state index contributed by atoms with van der Waals surface area (Å²) in [6.07, 6.45) is 2.12. The molecule has 0 bridgehead atoms. The molecule has 1 aromatic heterocycles. The van der Waals surface area contributed by atoms with Crippen molar-refractivity contribution in [3.05, 3.63) is 23.4 Å². The van der Waals surface area contributed by atoms with Gasteiger partial charge in [0.2, 0.25) is 0 Å². The molecular weight excluding hydrogens is 234 g/mol. The highest BCUT2D eigenvalue weighted by atomic mass is 15.2. The van der Waals surface area contributed by atoms with Gasteiger partial charge in [0.05, 0.1) is 0 Å². The van der Waals surface area contributed by atoms with Crippen molar-refractivity contribution in [1.82, 2.24) is 10.3 Å². The number of rotatable bonds is 7. The quantitative estimate of drug-likeness (QED) is 0.817. The third-order valence-corrected chi connectivity index (χ3v) is 3.61. The molecule has 1 N–H and O–H groups in total. The Morgan fingerprint density at radius 2 is 1.89 bits per heavy atom. The predicted octanol–water partition coefficient (Wildman–Crippen LogP) is 3.38. The molecule has 3 nitrogen and oxygen atoms in total. The van der Waals surface area contributed by atoms with Gasteiger partial charge in [-0.15, -0.1) is 0 Å². The second-order valence-corrected chi connectivity index (χ2v) is 5.58. The number of aryl methyl sites for hydroxylation is 1. The topological polar surface area (TPSA) is 28.2 Å². The van der Waals surface area contributed by atoms with Gasteiger partial charge in [0.1, 0.15) is 5.82 Å². The summed E-state index contributed by atoms with van der Waals surface area (Å²) in [4.78, 5) is 7.02. The second kappa shape index (κ2) is 7.49. The van der Waals surface area contributed by atoms with E-state index in [0.717, 1.165) is 25.2 Å². The van der Waals surface area contributed by atoms with E-state index in [1.54, 1.807) is 0 Å². The van der Waals surface area contributed by atoms with Gasteiger partial charge in [0.25, 0.3) is 0 Å². The number of nitrogens with one attached hydrogen (secondary N) is 1. The lowest BCUT2D eigenvalue weighted by Crippen LogP contribution is -2.29. The van der Waals surface area contributed by atoms with Crippen LogP contribution in [0.25, 0.3) is 0 Å². The average Bonchev–Trinajstić information content (AvgIpc) is 2.42. The molecule has 0 fully saturated rings. The highest BCUT2D eigenvalue weighted by molar-refractivity contribution is 5.43. The van der Waals surface area contributed by atoms with Crippen molar-refractivity contribution in [1.29, 1.82) is 0 Å². The van der Waals surface area contributed by atoms with E-state index in [1.165, 1.54) is 11.3 Å². The maximum absolute atomic E-state index is 4.75. The highest BCUT2D eigenvalue weighted by Crippen LogP contribution is 2.18. The molecule has 0 amide bonds. The summed E-state index contributed by atoms with van der Waals surface area (Å²) in [6.45, 7) is 11.9. The summed E-state index contributed by atoms with van der Waals surface area (Å²) < 4.78 is 0. The van der Waals surface area contributed by atoms with Crippen LogP contribution in [0.5, 0.6) is 0 Å². The minimum atomic E-state index is 0.508. The molecule has 1 aromatic rings. The summed E-state index contributed by atoms with van der Waals surface area (Å²) in [6, 6.07) is 5.45. The highest BCUT2D eigenvalue weighted by Gasteiger charge is 2.11. The molecule has 0 aliphatic heterocycles. The number of hydrogen-bond acceptors (Lipinski definition) is 3. The fourth-order valence-electron chi connectivity index (χ4n) is 1.92. The Morgan fingerprint density at radius 3 is 2.42 bits per heavy atom. The summed E-state index contributed by atoms with van der Waals surface area (Å²) in [5.41, 5.74) is 2.50. The minimum absolute atomic E-state index is 0.508. The molecule has 0 saturated heterocycles. The van der Waals surface area contributed by atoms with E-state index in [-0.39, 0.29) is 0 Å². The first kappa shape index (κ1) is 16.0. The smallest absolute Gasteiger partial charge is 0.129 e. The molecule has 0 saturated carbocycles. The molecule has 108 valence electrons. The molecule has 0 radical (unpaired) electrons. The van der Waals surface area contributed by atoms with Crippen LogP contribution < -0.4 is 10.2 Å². The molecule has 1 unspecified atom stereocenters. The van der Waals surface area contributed by atoms with Crippen LogP contribution in [0.4, 0.5) is 5.82 Å². The maximum atomic E-state index is 4.75. The molecule has 19 heavy (non-hydrogen) atoms. The number of aromatic nitrogens is 1. The molecule has 1 rings (SSSR count). The van der Waals surface area contributed by atoms with Gasteiger partial charge in [0, 0.05) is 31.4 Å². The summed E-state index contributed by atoms with van der Waals surface area (Å²) in [5, 5.41) is 3.48. The lowest BCUT2D eigenvalue weighted by atomic mass is 10.1. The lowest BCUT2D eigenvalue weighted by Gasteiger charge is -2.26. The van der Waals surface area contributed by atoms with Gasteiger partial charge < -0.3 is 10.2 Å². The Hall–Kier alpha value is -1.09. The molecule has 0 aliphatic rings. The van der Waals surface area contributed by atoms with E-state index in [4.69, 9.17) is 4.98 Å². The summed E-state index contributed by atoms with van der Waals surface area (Å²) in [5.74, 6) is 1.09. The molecule has 0 spiro atoms. The van der Waals surface area contributed by atoms with Crippen LogP contribution in [0, 0.1) is 0 Å². The zero-order chi connectivity index (χ0) is 14.4. The van der Waals surface area contributed by atoms with Gasteiger partial charge >= 0.3 is 0 Å².